The van der Waals surface area contributed by atoms with E-state index in [4.69, 9.17) is 0 Å². The van der Waals surface area contributed by atoms with Crippen LogP contribution in [0.15, 0.2) is 23.1 Å². The highest BCUT2D eigenvalue weighted by Crippen LogP contribution is 2.42. The molecule has 2 unspecified atom stereocenters. The maximum absolute atomic E-state index is 12.7. The molecule has 1 aromatic rings. The van der Waals surface area contributed by atoms with E-state index in [1.165, 1.54) is 5.56 Å². The second-order valence-corrected chi connectivity index (χ2v) is 7.99. The molecule has 0 aliphatic carbocycles. The highest BCUT2D eigenvalue weighted by atomic mass is 32.2. The molecule has 0 saturated heterocycles. The van der Waals surface area contributed by atoms with E-state index in [0.29, 0.717) is 17.2 Å². The summed E-state index contributed by atoms with van der Waals surface area (Å²) in [6.07, 6.45) is 1.60. The van der Waals surface area contributed by atoms with Gasteiger partial charge in [0.1, 0.15) is 0 Å². The van der Waals surface area contributed by atoms with E-state index >= 15 is 0 Å². The first-order valence-corrected chi connectivity index (χ1v) is 9.09. The second kappa shape index (κ2) is 5.86. The minimum Gasteiger partial charge on any atom is -0.309 e. The number of rotatable bonds is 5. The number of hydrogen-bond donors (Lipinski definition) is 1. The lowest BCUT2D eigenvalue weighted by atomic mass is 9.95. The van der Waals surface area contributed by atoms with Crippen LogP contribution in [0.5, 0.6) is 0 Å². The standard InChI is InChI=1S/C16H25NO2S/c1-5-7-15-16(17-6-2)13-10-12(11(3)4)8-9-14(13)20(15,18)19/h8-11,15-17H,5-7H2,1-4H3. The van der Waals surface area contributed by atoms with Crippen LogP contribution in [0, 0.1) is 0 Å². The third kappa shape index (κ3) is 2.51. The van der Waals surface area contributed by atoms with Gasteiger partial charge in [-0.1, -0.05) is 46.2 Å². The zero-order chi connectivity index (χ0) is 14.9. The summed E-state index contributed by atoms with van der Waals surface area (Å²) in [5, 5.41) is 3.06. The Morgan fingerprint density at radius 3 is 2.50 bits per heavy atom. The molecule has 0 fully saturated rings. The molecule has 1 aliphatic heterocycles. The number of sulfone groups is 1. The average molecular weight is 295 g/mol. The van der Waals surface area contributed by atoms with E-state index in [9.17, 15) is 8.42 Å². The zero-order valence-electron chi connectivity index (χ0n) is 12.8. The van der Waals surface area contributed by atoms with Crippen LogP contribution in [0.1, 0.15) is 63.6 Å². The fraction of sp³-hybridized carbons (Fsp3) is 0.625. The van der Waals surface area contributed by atoms with Crippen LogP contribution in [0.4, 0.5) is 0 Å². The van der Waals surface area contributed by atoms with Gasteiger partial charge in [-0.2, -0.15) is 0 Å². The third-order valence-electron chi connectivity index (χ3n) is 4.11. The number of hydrogen-bond acceptors (Lipinski definition) is 3. The van der Waals surface area contributed by atoms with E-state index in [1.54, 1.807) is 6.07 Å². The van der Waals surface area contributed by atoms with Gasteiger partial charge in [-0.15, -0.1) is 0 Å². The van der Waals surface area contributed by atoms with E-state index in [2.05, 4.69) is 25.2 Å². The van der Waals surface area contributed by atoms with Crippen molar-refractivity contribution in [3.05, 3.63) is 29.3 Å². The van der Waals surface area contributed by atoms with Gasteiger partial charge in [0.25, 0.3) is 0 Å². The van der Waals surface area contributed by atoms with Crippen LogP contribution in [0.3, 0.4) is 0 Å². The van der Waals surface area contributed by atoms with Crippen molar-refractivity contribution in [2.75, 3.05) is 6.54 Å². The van der Waals surface area contributed by atoms with Gasteiger partial charge in [0.2, 0.25) is 0 Å². The Kier molecular flexibility index (Phi) is 4.55. The largest absolute Gasteiger partial charge is 0.309 e. The molecule has 0 saturated carbocycles. The predicted octanol–water partition coefficient (Wildman–Crippen LogP) is 3.42. The average Bonchev–Trinajstić information content (AvgIpc) is 2.60. The molecule has 20 heavy (non-hydrogen) atoms. The lowest BCUT2D eigenvalue weighted by molar-refractivity contribution is 0.492. The smallest absolute Gasteiger partial charge is 0.183 e. The van der Waals surface area contributed by atoms with E-state index in [1.807, 2.05) is 19.9 Å². The van der Waals surface area contributed by atoms with Crippen LogP contribution in [0.25, 0.3) is 0 Å². The second-order valence-electron chi connectivity index (χ2n) is 5.86. The molecular formula is C16H25NO2S. The highest BCUT2D eigenvalue weighted by Gasteiger charge is 2.43. The van der Waals surface area contributed by atoms with Crippen molar-refractivity contribution in [2.45, 2.75) is 62.6 Å². The van der Waals surface area contributed by atoms with Gasteiger partial charge in [0, 0.05) is 0 Å². The lowest BCUT2D eigenvalue weighted by Gasteiger charge is -2.20. The van der Waals surface area contributed by atoms with Crippen molar-refractivity contribution >= 4 is 9.84 Å². The number of nitrogens with one attached hydrogen (secondary N) is 1. The van der Waals surface area contributed by atoms with Crippen LogP contribution in [-0.4, -0.2) is 20.2 Å². The predicted molar refractivity (Wildman–Crippen MR) is 82.8 cm³/mol. The number of fused-ring (bicyclic) bond motifs is 1. The summed E-state index contributed by atoms with van der Waals surface area (Å²) < 4.78 is 25.4. The first-order chi connectivity index (χ1) is 9.43. The Labute approximate surface area is 122 Å². The summed E-state index contributed by atoms with van der Waals surface area (Å²) in [6, 6.07) is 5.79. The van der Waals surface area contributed by atoms with Gasteiger partial charge in [0.05, 0.1) is 16.2 Å². The Bertz CT molecular complexity index is 578. The van der Waals surface area contributed by atoms with Crippen molar-refractivity contribution in [3.8, 4) is 0 Å². The molecule has 0 radical (unpaired) electrons. The fourth-order valence-corrected chi connectivity index (χ4v) is 5.28. The lowest BCUT2D eigenvalue weighted by Crippen LogP contribution is -2.31. The van der Waals surface area contributed by atoms with E-state index < -0.39 is 9.84 Å². The van der Waals surface area contributed by atoms with Gasteiger partial charge >= 0.3 is 0 Å². The Balaban J connectivity index is 2.55. The Hall–Kier alpha value is -0.870. The molecule has 1 heterocycles. The van der Waals surface area contributed by atoms with Crippen molar-refractivity contribution < 1.29 is 8.42 Å². The molecule has 1 aliphatic rings. The summed E-state index contributed by atoms with van der Waals surface area (Å²) in [6.45, 7) is 9.13. The summed E-state index contributed by atoms with van der Waals surface area (Å²) in [7, 11) is -3.18. The third-order valence-corrected chi connectivity index (χ3v) is 6.40. The van der Waals surface area contributed by atoms with Crippen molar-refractivity contribution in [1.82, 2.24) is 5.32 Å². The Morgan fingerprint density at radius 1 is 1.25 bits per heavy atom. The molecule has 1 aromatic carbocycles. The molecule has 3 nitrogen and oxygen atoms in total. The monoisotopic (exact) mass is 295 g/mol. The van der Waals surface area contributed by atoms with Gasteiger partial charge in [-0.3, -0.25) is 0 Å². The van der Waals surface area contributed by atoms with E-state index in [-0.39, 0.29) is 11.3 Å². The first kappa shape index (κ1) is 15.5. The molecule has 0 spiro atoms. The Morgan fingerprint density at radius 2 is 1.95 bits per heavy atom. The van der Waals surface area contributed by atoms with Crippen LogP contribution in [-0.2, 0) is 9.84 Å². The summed E-state index contributed by atoms with van der Waals surface area (Å²) >= 11 is 0. The quantitative estimate of drug-likeness (QED) is 0.905. The SMILES string of the molecule is CCCC1C(NCC)c2cc(C(C)C)ccc2S1(=O)=O. The zero-order valence-corrected chi connectivity index (χ0v) is 13.6. The van der Waals surface area contributed by atoms with Crippen LogP contribution < -0.4 is 5.32 Å². The minimum atomic E-state index is -3.18. The minimum absolute atomic E-state index is 0.0568. The van der Waals surface area contributed by atoms with Gasteiger partial charge in [-0.25, -0.2) is 8.42 Å². The molecule has 0 aromatic heterocycles. The van der Waals surface area contributed by atoms with Crippen molar-refractivity contribution in [1.29, 1.82) is 0 Å². The molecule has 1 N–H and O–H groups in total. The fourth-order valence-electron chi connectivity index (χ4n) is 3.04. The summed E-state index contributed by atoms with van der Waals surface area (Å²) in [5.41, 5.74) is 2.18. The molecule has 2 atom stereocenters. The molecule has 4 heteroatoms. The molecule has 2 rings (SSSR count). The number of benzene rings is 1. The normalized spacial score (nSPS) is 24.1. The highest BCUT2D eigenvalue weighted by molar-refractivity contribution is 7.92. The maximum Gasteiger partial charge on any atom is 0.183 e. The van der Waals surface area contributed by atoms with E-state index in [0.717, 1.165) is 18.5 Å². The van der Waals surface area contributed by atoms with Gasteiger partial charge in [-0.05, 0) is 36.1 Å². The topological polar surface area (TPSA) is 46.2 Å². The molecule has 0 amide bonds. The molecular weight excluding hydrogens is 270 g/mol. The van der Waals surface area contributed by atoms with Gasteiger partial charge < -0.3 is 5.32 Å². The molecule has 0 bridgehead atoms. The summed E-state index contributed by atoms with van der Waals surface area (Å²) in [5.74, 6) is 0.413. The summed E-state index contributed by atoms with van der Waals surface area (Å²) in [4.78, 5) is 0.534. The van der Waals surface area contributed by atoms with Crippen LogP contribution >= 0.6 is 0 Å². The van der Waals surface area contributed by atoms with Gasteiger partial charge in [0.15, 0.2) is 9.84 Å². The van der Waals surface area contributed by atoms with Crippen molar-refractivity contribution in [2.24, 2.45) is 0 Å². The van der Waals surface area contributed by atoms with Crippen molar-refractivity contribution in [3.63, 3.8) is 0 Å². The molecule has 112 valence electrons. The maximum atomic E-state index is 12.7. The first-order valence-electron chi connectivity index (χ1n) is 7.54. The van der Waals surface area contributed by atoms with Crippen LogP contribution in [0.2, 0.25) is 0 Å².